The van der Waals surface area contributed by atoms with Crippen LogP contribution in [-0.4, -0.2) is 50.5 Å². The van der Waals surface area contributed by atoms with E-state index in [1.807, 2.05) is 6.92 Å². The van der Waals surface area contributed by atoms with Crippen molar-refractivity contribution >= 4 is 23.6 Å². The molecule has 0 aromatic carbocycles. The summed E-state index contributed by atoms with van der Waals surface area (Å²) in [6.07, 6.45) is 1.74. The van der Waals surface area contributed by atoms with E-state index < -0.39 is 24.0 Å². The topological polar surface area (TPSA) is 130 Å². The van der Waals surface area contributed by atoms with Crippen LogP contribution in [0.25, 0.3) is 0 Å². The first kappa shape index (κ1) is 17.3. The van der Waals surface area contributed by atoms with Crippen LogP contribution in [-0.2, 0) is 4.79 Å². The van der Waals surface area contributed by atoms with Crippen LogP contribution >= 0.6 is 11.8 Å². The highest BCUT2D eigenvalue weighted by atomic mass is 32.2. The maximum Gasteiger partial charge on any atom is 0.288 e. The molecule has 5 N–H and O–H groups in total. The van der Waals surface area contributed by atoms with Crippen molar-refractivity contribution in [2.45, 2.75) is 25.5 Å². The zero-order valence-electron chi connectivity index (χ0n) is 11.7. The van der Waals surface area contributed by atoms with Crippen LogP contribution in [0, 0.1) is 0 Å². The standard InChI is InChI=1S/C12H19N5O3S/c1-2-21-6-4-8(13)10(18)12(20)17-16-11(19)9-3-5-14-7-15-9/h3,5,7-8,10,18H,2,4,6,13H2,1H3,(H,16,19)(H,17,20)/t8-,10?/m1/s1. The highest BCUT2D eigenvalue weighted by Gasteiger charge is 2.23. The minimum Gasteiger partial charge on any atom is -0.382 e. The molecular weight excluding hydrogens is 294 g/mol. The normalized spacial score (nSPS) is 13.3. The van der Waals surface area contributed by atoms with Gasteiger partial charge in [0, 0.05) is 12.2 Å². The second-order valence-corrected chi connectivity index (χ2v) is 5.53. The van der Waals surface area contributed by atoms with Gasteiger partial charge >= 0.3 is 0 Å². The highest BCUT2D eigenvalue weighted by molar-refractivity contribution is 7.99. The Balaban J connectivity index is 2.37. The lowest BCUT2D eigenvalue weighted by Gasteiger charge is -2.18. The molecule has 0 fully saturated rings. The van der Waals surface area contributed by atoms with Crippen molar-refractivity contribution in [3.05, 3.63) is 24.3 Å². The lowest BCUT2D eigenvalue weighted by atomic mass is 10.1. The van der Waals surface area contributed by atoms with Gasteiger partial charge in [-0.15, -0.1) is 0 Å². The van der Waals surface area contributed by atoms with E-state index >= 15 is 0 Å². The van der Waals surface area contributed by atoms with Crippen molar-refractivity contribution < 1.29 is 14.7 Å². The van der Waals surface area contributed by atoms with E-state index in [0.717, 1.165) is 11.5 Å². The lowest BCUT2D eigenvalue weighted by molar-refractivity contribution is -0.131. The number of aliphatic hydroxyl groups excluding tert-OH is 1. The number of carbonyl (C=O) groups is 2. The summed E-state index contributed by atoms with van der Waals surface area (Å²) in [5.74, 6) is 0.346. The Morgan fingerprint density at radius 3 is 2.86 bits per heavy atom. The Kier molecular flexibility index (Phi) is 7.65. The van der Waals surface area contributed by atoms with Crippen molar-refractivity contribution in [1.29, 1.82) is 0 Å². The molecule has 0 saturated heterocycles. The average Bonchev–Trinajstić information content (AvgIpc) is 2.52. The van der Waals surface area contributed by atoms with Gasteiger partial charge in [-0.1, -0.05) is 6.92 Å². The number of rotatable bonds is 7. The van der Waals surface area contributed by atoms with Crippen molar-refractivity contribution in [2.75, 3.05) is 11.5 Å². The molecular formula is C12H19N5O3S. The monoisotopic (exact) mass is 313 g/mol. The minimum absolute atomic E-state index is 0.100. The van der Waals surface area contributed by atoms with Crippen LogP contribution in [0.5, 0.6) is 0 Å². The fourth-order valence-corrected chi connectivity index (χ4v) is 2.12. The highest BCUT2D eigenvalue weighted by Crippen LogP contribution is 2.05. The van der Waals surface area contributed by atoms with Gasteiger partial charge in [-0.3, -0.25) is 20.4 Å². The second kappa shape index (κ2) is 9.27. The molecule has 1 aromatic heterocycles. The van der Waals surface area contributed by atoms with Gasteiger partial charge in [-0.05, 0) is 24.0 Å². The quantitative estimate of drug-likeness (QED) is 0.378. The molecule has 1 aromatic rings. The fraction of sp³-hybridized carbons (Fsp3) is 0.500. The van der Waals surface area contributed by atoms with Crippen molar-refractivity contribution in [2.24, 2.45) is 5.73 Å². The SMILES string of the molecule is CCSCC[C@@H](N)C(O)C(=O)NNC(=O)c1ccncn1. The molecule has 2 atom stereocenters. The molecule has 9 heteroatoms. The van der Waals surface area contributed by atoms with Gasteiger partial charge in [0.25, 0.3) is 11.8 Å². The molecule has 1 rings (SSSR count). The van der Waals surface area contributed by atoms with Crippen LogP contribution in [0.4, 0.5) is 0 Å². The van der Waals surface area contributed by atoms with Gasteiger partial charge in [0.15, 0.2) is 0 Å². The number of nitrogens with one attached hydrogen (secondary N) is 2. The van der Waals surface area contributed by atoms with Gasteiger partial charge in [-0.25, -0.2) is 9.97 Å². The zero-order valence-corrected chi connectivity index (χ0v) is 12.5. The molecule has 0 radical (unpaired) electrons. The summed E-state index contributed by atoms with van der Waals surface area (Å²) in [6, 6.07) is 0.714. The molecule has 0 saturated carbocycles. The Morgan fingerprint density at radius 2 is 2.24 bits per heavy atom. The molecule has 0 aliphatic heterocycles. The fourth-order valence-electron chi connectivity index (χ4n) is 1.40. The molecule has 116 valence electrons. The molecule has 0 aliphatic carbocycles. The van der Waals surface area contributed by atoms with E-state index in [1.165, 1.54) is 18.6 Å². The number of hydrogen-bond donors (Lipinski definition) is 4. The van der Waals surface area contributed by atoms with E-state index in [1.54, 1.807) is 11.8 Å². The summed E-state index contributed by atoms with van der Waals surface area (Å²) in [6.45, 7) is 2.02. The Morgan fingerprint density at radius 1 is 1.48 bits per heavy atom. The molecule has 1 unspecified atom stereocenters. The van der Waals surface area contributed by atoms with E-state index in [0.29, 0.717) is 6.42 Å². The maximum atomic E-state index is 11.7. The Hall–Kier alpha value is -1.71. The van der Waals surface area contributed by atoms with Gasteiger partial charge in [0.05, 0.1) is 0 Å². The van der Waals surface area contributed by atoms with Crippen molar-refractivity contribution in [3.63, 3.8) is 0 Å². The summed E-state index contributed by atoms with van der Waals surface area (Å²) in [5.41, 5.74) is 10.1. The summed E-state index contributed by atoms with van der Waals surface area (Å²) in [4.78, 5) is 30.7. The molecule has 8 nitrogen and oxygen atoms in total. The van der Waals surface area contributed by atoms with Crippen LogP contribution in [0.2, 0.25) is 0 Å². The zero-order chi connectivity index (χ0) is 15.7. The van der Waals surface area contributed by atoms with Crippen LogP contribution in [0.15, 0.2) is 18.6 Å². The van der Waals surface area contributed by atoms with Crippen LogP contribution in [0.1, 0.15) is 23.8 Å². The Labute approximate surface area is 126 Å². The molecule has 0 aliphatic rings. The largest absolute Gasteiger partial charge is 0.382 e. The lowest BCUT2D eigenvalue weighted by Crippen LogP contribution is -2.52. The number of aliphatic hydroxyl groups is 1. The summed E-state index contributed by atoms with van der Waals surface area (Å²) < 4.78 is 0. The number of aromatic nitrogens is 2. The molecule has 0 spiro atoms. The number of thioether (sulfide) groups is 1. The number of amides is 2. The van der Waals surface area contributed by atoms with Gasteiger partial charge < -0.3 is 10.8 Å². The van der Waals surface area contributed by atoms with E-state index in [2.05, 4.69) is 20.8 Å². The van der Waals surface area contributed by atoms with E-state index in [9.17, 15) is 14.7 Å². The number of hydrazine groups is 1. The predicted molar refractivity (Wildman–Crippen MR) is 79.2 cm³/mol. The third-order valence-electron chi connectivity index (χ3n) is 2.59. The number of nitrogens with two attached hydrogens (primary N) is 1. The average molecular weight is 313 g/mol. The smallest absolute Gasteiger partial charge is 0.288 e. The van der Waals surface area contributed by atoms with Gasteiger partial charge in [0.1, 0.15) is 18.1 Å². The summed E-state index contributed by atoms with van der Waals surface area (Å²) in [5, 5.41) is 9.75. The summed E-state index contributed by atoms with van der Waals surface area (Å²) in [7, 11) is 0. The van der Waals surface area contributed by atoms with Gasteiger partial charge in [-0.2, -0.15) is 11.8 Å². The molecule has 0 bridgehead atoms. The first-order chi connectivity index (χ1) is 10.1. The van der Waals surface area contributed by atoms with Crippen LogP contribution < -0.4 is 16.6 Å². The third kappa shape index (κ3) is 6.06. The number of nitrogens with zero attached hydrogens (tertiary/aromatic N) is 2. The maximum absolute atomic E-state index is 11.7. The first-order valence-corrected chi connectivity index (χ1v) is 7.59. The summed E-state index contributed by atoms with van der Waals surface area (Å²) >= 11 is 1.67. The molecule has 21 heavy (non-hydrogen) atoms. The molecule has 1 heterocycles. The van der Waals surface area contributed by atoms with Crippen LogP contribution in [0.3, 0.4) is 0 Å². The number of carbonyl (C=O) groups excluding carboxylic acids is 2. The third-order valence-corrected chi connectivity index (χ3v) is 3.52. The van der Waals surface area contributed by atoms with Crippen molar-refractivity contribution in [3.8, 4) is 0 Å². The van der Waals surface area contributed by atoms with E-state index in [-0.39, 0.29) is 5.69 Å². The van der Waals surface area contributed by atoms with E-state index in [4.69, 9.17) is 5.73 Å². The first-order valence-electron chi connectivity index (χ1n) is 6.43. The second-order valence-electron chi connectivity index (χ2n) is 4.13. The van der Waals surface area contributed by atoms with Gasteiger partial charge in [0.2, 0.25) is 0 Å². The number of hydrogen-bond acceptors (Lipinski definition) is 7. The molecule has 2 amide bonds. The predicted octanol–water partition coefficient (Wildman–Crippen LogP) is -0.931. The Bertz CT molecular complexity index is 459. The minimum atomic E-state index is -1.38. The van der Waals surface area contributed by atoms with Crippen molar-refractivity contribution in [1.82, 2.24) is 20.8 Å².